The largest absolute Gasteiger partial charge is 0.451 e. The second kappa shape index (κ2) is 6.20. The molecule has 0 spiro atoms. The molecule has 0 fully saturated rings. The molecule has 2 aromatic rings. The number of rotatable bonds is 6. The summed E-state index contributed by atoms with van der Waals surface area (Å²) in [5, 5.41) is 7.08. The van der Waals surface area contributed by atoms with Gasteiger partial charge in [-0.05, 0) is 15.9 Å². The van der Waals surface area contributed by atoms with E-state index in [0.29, 0.717) is 18.0 Å². The van der Waals surface area contributed by atoms with Crippen LogP contribution in [0.1, 0.15) is 19.6 Å². The summed E-state index contributed by atoms with van der Waals surface area (Å²) in [4.78, 5) is 0.0620. The monoisotopic (exact) mass is 376 g/mol. The number of nitrogens with one attached hydrogen (secondary N) is 2. The molecule has 0 saturated heterocycles. The Balaban J connectivity index is 2.19. The molecule has 0 saturated carbocycles. The topological polar surface area (TPSA) is 89.2 Å². The minimum atomic E-state index is -3.72. The molecule has 7 nitrogen and oxygen atoms in total. The van der Waals surface area contributed by atoms with E-state index < -0.39 is 10.0 Å². The van der Waals surface area contributed by atoms with Crippen LogP contribution in [0, 0.1) is 0 Å². The van der Waals surface area contributed by atoms with Crippen LogP contribution in [-0.4, -0.2) is 24.2 Å². The lowest BCUT2D eigenvalue weighted by Crippen LogP contribution is -2.21. The van der Waals surface area contributed by atoms with Gasteiger partial charge in [0.25, 0.3) is 10.0 Å². The van der Waals surface area contributed by atoms with Gasteiger partial charge in [0.1, 0.15) is 10.7 Å². The van der Waals surface area contributed by atoms with Crippen LogP contribution in [0.25, 0.3) is 0 Å². The quantitative estimate of drug-likeness (QED) is 0.805. The van der Waals surface area contributed by atoms with Crippen molar-refractivity contribution < 1.29 is 12.8 Å². The van der Waals surface area contributed by atoms with Crippen molar-refractivity contribution in [3.8, 4) is 0 Å². The van der Waals surface area contributed by atoms with Crippen molar-refractivity contribution in [2.45, 2.75) is 31.3 Å². The molecule has 21 heavy (non-hydrogen) atoms. The molecule has 116 valence electrons. The summed E-state index contributed by atoms with van der Waals surface area (Å²) in [7, 11) is -2.01. The predicted octanol–water partition coefficient (Wildman–Crippen LogP) is 2.07. The van der Waals surface area contributed by atoms with Crippen LogP contribution in [0.3, 0.4) is 0 Å². The van der Waals surface area contributed by atoms with Crippen LogP contribution < -0.4 is 10.0 Å². The smallest absolute Gasteiger partial charge is 0.266 e. The van der Waals surface area contributed by atoms with Gasteiger partial charge in [0.15, 0.2) is 4.67 Å². The summed E-state index contributed by atoms with van der Waals surface area (Å²) < 4.78 is 34.2. The SMILES string of the molecule is CC(C)NCc1cc(S(=O)(=O)Nc2cnn(C)c2)c(Br)o1. The van der Waals surface area contributed by atoms with Gasteiger partial charge in [-0.15, -0.1) is 0 Å². The molecule has 2 rings (SSSR count). The second-order valence-corrected chi connectivity index (χ2v) is 7.27. The molecule has 0 aliphatic carbocycles. The van der Waals surface area contributed by atoms with Crippen molar-refractivity contribution in [2.75, 3.05) is 4.72 Å². The molecule has 2 heterocycles. The highest BCUT2D eigenvalue weighted by molar-refractivity contribution is 9.10. The maximum Gasteiger partial charge on any atom is 0.266 e. The molecular weight excluding hydrogens is 360 g/mol. The summed E-state index contributed by atoms with van der Waals surface area (Å²) in [6, 6.07) is 1.78. The van der Waals surface area contributed by atoms with Gasteiger partial charge in [-0.2, -0.15) is 5.10 Å². The van der Waals surface area contributed by atoms with Crippen LogP contribution in [0.4, 0.5) is 5.69 Å². The Morgan fingerprint density at radius 2 is 2.19 bits per heavy atom. The lowest BCUT2D eigenvalue weighted by Gasteiger charge is -2.04. The lowest BCUT2D eigenvalue weighted by atomic mass is 10.3. The van der Waals surface area contributed by atoms with Crippen molar-refractivity contribution in [2.24, 2.45) is 7.05 Å². The molecule has 0 bridgehead atoms. The molecular formula is C12H17BrN4O3S. The molecule has 0 radical (unpaired) electrons. The zero-order chi connectivity index (χ0) is 15.6. The van der Waals surface area contributed by atoms with E-state index >= 15 is 0 Å². The third-order valence-electron chi connectivity index (χ3n) is 2.64. The first kappa shape index (κ1) is 16.1. The third kappa shape index (κ3) is 4.08. The summed E-state index contributed by atoms with van der Waals surface area (Å²) in [6.45, 7) is 4.46. The van der Waals surface area contributed by atoms with Gasteiger partial charge in [0.2, 0.25) is 0 Å². The average Bonchev–Trinajstić information content (AvgIpc) is 2.93. The molecule has 0 amide bonds. The van der Waals surface area contributed by atoms with Gasteiger partial charge >= 0.3 is 0 Å². The summed E-state index contributed by atoms with van der Waals surface area (Å²) in [5.41, 5.74) is 0.396. The number of nitrogens with zero attached hydrogens (tertiary/aromatic N) is 2. The van der Waals surface area contributed by atoms with E-state index in [1.807, 2.05) is 13.8 Å². The fourth-order valence-electron chi connectivity index (χ4n) is 1.66. The minimum absolute atomic E-state index is 0.0620. The lowest BCUT2D eigenvalue weighted by molar-refractivity contribution is 0.447. The first-order valence-electron chi connectivity index (χ1n) is 6.31. The number of hydrogen-bond donors (Lipinski definition) is 2. The van der Waals surface area contributed by atoms with E-state index in [9.17, 15) is 8.42 Å². The van der Waals surface area contributed by atoms with Crippen LogP contribution in [-0.2, 0) is 23.6 Å². The number of anilines is 1. The number of hydrogen-bond acceptors (Lipinski definition) is 5. The Hall–Kier alpha value is -1.32. The zero-order valence-corrected chi connectivity index (χ0v) is 14.3. The van der Waals surface area contributed by atoms with Crippen LogP contribution in [0.5, 0.6) is 0 Å². The molecule has 2 aromatic heterocycles. The van der Waals surface area contributed by atoms with Crippen molar-refractivity contribution in [3.63, 3.8) is 0 Å². The highest BCUT2D eigenvalue weighted by Gasteiger charge is 2.23. The van der Waals surface area contributed by atoms with Gasteiger partial charge in [-0.3, -0.25) is 9.40 Å². The maximum atomic E-state index is 12.3. The fourth-order valence-corrected chi connectivity index (χ4v) is 3.68. The standard InChI is InChI=1S/C12H17BrN4O3S/c1-8(2)14-6-10-4-11(12(13)20-10)21(18,19)16-9-5-15-17(3)7-9/h4-5,7-8,14,16H,6H2,1-3H3. The normalized spacial score (nSPS) is 12.0. The first-order valence-corrected chi connectivity index (χ1v) is 8.58. The molecule has 2 N–H and O–H groups in total. The van der Waals surface area contributed by atoms with Crippen molar-refractivity contribution in [1.29, 1.82) is 0 Å². The van der Waals surface area contributed by atoms with Crippen LogP contribution >= 0.6 is 15.9 Å². The molecule has 0 atom stereocenters. The van der Waals surface area contributed by atoms with Crippen LogP contribution in [0.2, 0.25) is 0 Å². The highest BCUT2D eigenvalue weighted by Crippen LogP contribution is 2.27. The second-order valence-electron chi connectivity index (χ2n) is 4.89. The van der Waals surface area contributed by atoms with Gasteiger partial charge in [-0.1, -0.05) is 13.8 Å². The van der Waals surface area contributed by atoms with E-state index in [-0.39, 0.29) is 15.6 Å². The molecule has 0 unspecified atom stereocenters. The summed E-state index contributed by atoms with van der Waals surface area (Å²) in [5.74, 6) is 0.544. The van der Waals surface area contributed by atoms with Gasteiger partial charge < -0.3 is 9.73 Å². The highest BCUT2D eigenvalue weighted by atomic mass is 79.9. The predicted molar refractivity (Wildman–Crippen MR) is 82.4 cm³/mol. The summed E-state index contributed by atoms with van der Waals surface area (Å²) >= 11 is 3.14. The number of halogens is 1. The fraction of sp³-hybridized carbons (Fsp3) is 0.417. The van der Waals surface area contributed by atoms with Gasteiger partial charge in [0.05, 0.1) is 18.4 Å². The molecule has 0 aromatic carbocycles. The Bertz CT molecular complexity index is 721. The number of aromatic nitrogens is 2. The number of aryl methyl sites for hydroxylation is 1. The summed E-state index contributed by atoms with van der Waals surface area (Å²) in [6.07, 6.45) is 3.01. The Kier molecular flexibility index (Phi) is 4.74. The Morgan fingerprint density at radius 3 is 2.76 bits per heavy atom. The molecule has 9 heteroatoms. The Morgan fingerprint density at radius 1 is 1.48 bits per heavy atom. The van der Waals surface area contributed by atoms with E-state index in [1.54, 1.807) is 13.2 Å². The average molecular weight is 377 g/mol. The number of sulfonamides is 1. The van der Waals surface area contributed by atoms with E-state index in [0.717, 1.165) is 0 Å². The van der Waals surface area contributed by atoms with Gasteiger partial charge in [0, 0.05) is 25.4 Å². The van der Waals surface area contributed by atoms with Crippen molar-refractivity contribution in [1.82, 2.24) is 15.1 Å². The Labute approximate surface area is 131 Å². The molecule has 0 aliphatic heterocycles. The van der Waals surface area contributed by atoms with E-state index in [2.05, 4.69) is 31.1 Å². The van der Waals surface area contributed by atoms with Crippen LogP contribution in [0.15, 0.2) is 32.4 Å². The van der Waals surface area contributed by atoms with Gasteiger partial charge in [-0.25, -0.2) is 8.42 Å². The molecule has 0 aliphatic rings. The first-order chi connectivity index (χ1) is 9.78. The maximum absolute atomic E-state index is 12.3. The number of furan rings is 1. The van der Waals surface area contributed by atoms with E-state index in [4.69, 9.17) is 4.42 Å². The zero-order valence-electron chi connectivity index (χ0n) is 11.9. The van der Waals surface area contributed by atoms with Crippen molar-refractivity contribution in [3.05, 3.63) is 28.9 Å². The minimum Gasteiger partial charge on any atom is -0.451 e. The van der Waals surface area contributed by atoms with Crippen molar-refractivity contribution >= 4 is 31.6 Å². The third-order valence-corrected chi connectivity index (χ3v) is 4.88. The van der Waals surface area contributed by atoms with E-state index in [1.165, 1.54) is 16.9 Å².